The van der Waals surface area contributed by atoms with Crippen LogP contribution < -0.4 is 0 Å². The van der Waals surface area contributed by atoms with Crippen LogP contribution in [0.5, 0.6) is 0 Å². The van der Waals surface area contributed by atoms with Crippen molar-refractivity contribution in [3.63, 3.8) is 0 Å². The Balaban J connectivity index is 1.84. The molecule has 3 heteroatoms. The van der Waals surface area contributed by atoms with E-state index in [0.717, 1.165) is 16.6 Å². The van der Waals surface area contributed by atoms with Crippen LogP contribution in [-0.2, 0) is 0 Å². The van der Waals surface area contributed by atoms with Crippen LogP contribution in [-0.4, -0.2) is 4.98 Å². The van der Waals surface area contributed by atoms with Crippen molar-refractivity contribution in [1.82, 2.24) is 4.98 Å². The summed E-state index contributed by atoms with van der Waals surface area (Å²) in [5.41, 5.74) is 3.67. The van der Waals surface area contributed by atoms with Gasteiger partial charge in [0.2, 0.25) is 5.89 Å². The van der Waals surface area contributed by atoms with Gasteiger partial charge in [-0.25, -0.2) is 9.37 Å². The number of nitrogens with zero attached hydrogens (tertiary/aromatic N) is 1. The minimum atomic E-state index is -0.246. The number of halogens is 1. The van der Waals surface area contributed by atoms with E-state index in [1.54, 1.807) is 12.1 Å². The largest absolute Gasteiger partial charge is 0.436 e. The minimum absolute atomic E-state index is 0.246. The van der Waals surface area contributed by atoms with Gasteiger partial charge >= 0.3 is 0 Å². The standard InChI is InChI=1S/C19H12FNO/c20-16-9-5-4-8-15(16)14-10-11-17-18(12-14)22-19(21-17)13-6-2-1-3-7-13/h1-12H. The quantitative estimate of drug-likeness (QED) is 0.500. The van der Waals surface area contributed by atoms with Gasteiger partial charge in [0.15, 0.2) is 5.58 Å². The summed E-state index contributed by atoms with van der Waals surface area (Å²) in [7, 11) is 0. The number of benzene rings is 3. The Hall–Kier alpha value is -2.94. The average molecular weight is 289 g/mol. The van der Waals surface area contributed by atoms with E-state index < -0.39 is 0 Å². The lowest BCUT2D eigenvalue weighted by Gasteiger charge is -2.02. The van der Waals surface area contributed by atoms with Gasteiger partial charge in [-0.2, -0.15) is 0 Å². The van der Waals surface area contributed by atoms with Gasteiger partial charge < -0.3 is 4.42 Å². The number of fused-ring (bicyclic) bond motifs is 1. The van der Waals surface area contributed by atoms with E-state index in [4.69, 9.17) is 4.42 Å². The summed E-state index contributed by atoms with van der Waals surface area (Å²) in [6.07, 6.45) is 0. The zero-order chi connectivity index (χ0) is 14.9. The molecule has 0 bridgehead atoms. The molecule has 0 atom stereocenters. The predicted octanol–water partition coefficient (Wildman–Crippen LogP) is 5.30. The fourth-order valence-corrected chi connectivity index (χ4v) is 2.49. The third-order valence-electron chi connectivity index (χ3n) is 3.59. The molecular weight excluding hydrogens is 277 g/mol. The Morgan fingerprint density at radius 3 is 2.36 bits per heavy atom. The van der Waals surface area contributed by atoms with Gasteiger partial charge in [0.05, 0.1) is 0 Å². The molecule has 3 aromatic carbocycles. The van der Waals surface area contributed by atoms with E-state index in [-0.39, 0.29) is 5.82 Å². The van der Waals surface area contributed by atoms with Crippen LogP contribution in [0.4, 0.5) is 4.39 Å². The maximum absolute atomic E-state index is 13.9. The van der Waals surface area contributed by atoms with E-state index in [0.29, 0.717) is 17.0 Å². The lowest BCUT2D eigenvalue weighted by molar-refractivity contribution is 0.619. The van der Waals surface area contributed by atoms with Crippen molar-refractivity contribution in [3.8, 4) is 22.6 Å². The van der Waals surface area contributed by atoms with Gasteiger partial charge in [-0.1, -0.05) is 42.5 Å². The Labute approximate surface area is 126 Å². The second-order valence-electron chi connectivity index (χ2n) is 5.05. The van der Waals surface area contributed by atoms with E-state index in [1.807, 2.05) is 54.6 Å². The maximum Gasteiger partial charge on any atom is 0.227 e. The first-order chi connectivity index (χ1) is 10.8. The fraction of sp³-hybridized carbons (Fsp3) is 0. The first-order valence-corrected chi connectivity index (χ1v) is 7.02. The maximum atomic E-state index is 13.9. The molecule has 0 spiro atoms. The summed E-state index contributed by atoms with van der Waals surface area (Å²) >= 11 is 0. The molecule has 2 nitrogen and oxygen atoms in total. The first kappa shape index (κ1) is 12.8. The van der Waals surface area contributed by atoms with Gasteiger partial charge in [-0.15, -0.1) is 0 Å². The molecule has 0 fully saturated rings. The van der Waals surface area contributed by atoms with Gasteiger partial charge in [0.1, 0.15) is 11.3 Å². The molecule has 0 aliphatic heterocycles. The summed E-state index contributed by atoms with van der Waals surface area (Å²) in [5.74, 6) is 0.325. The average Bonchev–Trinajstić information content (AvgIpc) is 2.99. The highest BCUT2D eigenvalue weighted by molar-refractivity contribution is 5.82. The number of aromatic nitrogens is 1. The zero-order valence-corrected chi connectivity index (χ0v) is 11.7. The van der Waals surface area contributed by atoms with Gasteiger partial charge in [-0.3, -0.25) is 0 Å². The molecule has 0 radical (unpaired) electrons. The van der Waals surface area contributed by atoms with Crippen LogP contribution in [0.3, 0.4) is 0 Å². The van der Waals surface area contributed by atoms with Crippen molar-refractivity contribution >= 4 is 11.1 Å². The molecule has 0 saturated heterocycles. The summed E-state index contributed by atoms with van der Waals surface area (Å²) in [6.45, 7) is 0. The second kappa shape index (κ2) is 5.11. The Kier molecular flexibility index (Phi) is 2.97. The lowest BCUT2D eigenvalue weighted by Crippen LogP contribution is -1.82. The molecule has 0 N–H and O–H groups in total. The van der Waals surface area contributed by atoms with E-state index in [9.17, 15) is 4.39 Å². The molecule has 0 aliphatic carbocycles. The third-order valence-corrected chi connectivity index (χ3v) is 3.59. The molecule has 4 rings (SSSR count). The SMILES string of the molecule is Fc1ccccc1-c1ccc2nc(-c3ccccc3)oc2c1. The summed E-state index contributed by atoms with van der Waals surface area (Å²) in [4.78, 5) is 4.48. The topological polar surface area (TPSA) is 26.0 Å². The van der Waals surface area contributed by atoms with Crippen LogP contribution in [0, 0.1) is 5.82 Å². The van der Waals surface area contributed by atoms with E-state index in [2.05, 4.69) is 4.98 Å². The molecule has 0 saturated carbocycles. The van der Waals surface area contributed by atoms with Crippen molar-refractivity contribution in [2.75, 3.05) is 0 Å². The molecule has 106 valence electrons. The second-order valence-corrected chi connectivity index (χ2v) is 5.05. The minimum Gasteiger partial charge on any atom is -0.436 e. The Bertz CT molecular complexity index is 944. The van der Waals surface area contributed by atoms with Crippen molar-refractivity contribution < 1.29 is 8.81 Å². The predicted molar refractivity (Wildman–Crippen MR) is 84.8 cm³/mol. The number of rotatable bonds is 2. The molecule has 0 amide bonds. The monoisotopic (exact) mass is 289 g/mol. The lowest BCUT2D eigenvalue weighted by atomic mass is 10.1. The molecular formula is C19H12FNO. The summed E-state index contributed by atoms with van der Waals surface area (Å²) < 4.78 is 19.7. The first-order valence-electron chi connectivity index (χ1n) is 7.02. The van der Waals surface area contributed by atoms with E-state index in [1.165, 1.54) is 6.07 Å². The molecule has 0 unspecified atom stereocenters. The van der Waals surface area contributed by atoms with Crippen molar-refractivity contribution in [3.05, 3.63) is 78.6 Å². The fourth-order valence-electron chi connectivity index (χ4n) is 2.49. The van der Waals surface area contributed by atoms with Crippen LogP contribution >= 0.6 is 0 Å². The molecule has 1 aromatic heterocycles. The highest BCUT2D eigenvalue weighted by atomic mass is 19.1. The normalized spacial score (nSPS) is 11.0. The summed E-state index contributed by atoms with van der Waals surface area (Å²) in [5, 5.41) is 0. The van der Waals surface area contributed by atoms with Crippen LogP contribution in [0.15, 0.2) is 77.2 Å². The molecule has 22 heavy (non-hydrogen) atoms. The number of hydrogen-bond donors (Lipinski definition) is 0. The smallest absolute Gasteiger partial charge is 0.227 e. The van der Waals surface area contributed by atoms with Crippen molar-refractivity contribution in [2.24, 2.45) is 0 Å². The Morgan fingerprint density at radius 1 is 0.773 bits per heavy atom. The van der Waals surface area contributed by atoms with Crippen LogP contribution in [0.25, 0.3) is 33.7 Å². The Morgan fingerprint density at radius 2 is 1.55 bits per heavy atom. The highest BCUT2D eigenvalue weighted by Crippen LogP contribution is 2.29. The number of hydrogen-bond acceptors (Lipinski definition) is 2. The van der Waals surface area contributed by atoms with Gasteiger partial charge in [0, 0.05) is 11.1 Å². The van der Waals surface area contributed by atoms with E-state index >= 15 is 0 Å². The third kappa shape index (κ3) is 2.17. The zero-order valence-electron chi connectivity index (χ0n) is 11.7. The van der Waals surface area contributed by atoms with Gasteiger partial charge in [0.25, 0.3) is 0 Å². The van der Waals surface area contributed by atoms with Crippen LogP contribution in [0.1, 0.15) is 0 Å². The molecule has 0 aliphatic rings. The van der Waals surface area contributed by atoms with Crippen molar-refractivity contribution in [2.45, 2.75) is 0 Å². The number of oxazole rings is 1. The van der Waals surface area contributed by atoms with Crippen LogP contribution in [0.2, 0.25) is 0 Å². The summed E-state index contributed by atoms with van der Waals surface area (Å²) in [6, 6.07) is 22.0. The van der Waals surface area contributed by atoms with Crippen molar-refractivity contribution in [1.29, 1.82) is 0 Å². The highest BCUT2D eigenvalue weighted by Gasteiger charge is 2.10. The molecule has 1 heterocycles. The molecule has 4 aromatic rings. The van der Waals surface area contributed by atoms with Gasteiger partial charge in [-0.05, 0) is 35.9 Å².